The van der Waals surface area contributed by atoms with Crippen LogP contribution in [0.15, 0.2) is 92.4 Å². The summed E-state index contributed by atoms with van der Waals surface area (Å²) < 4.78 is 0. The van der Waals surface area contributed by atoms with Gasteiger partial charge < -0.3 is 9.80 Å². The van der Waals surface area contributed by atoms with Gasteiger partial charge in [0.05, 0.1) is 22.7 Å². The highest BCUT2D eigenvalue weighted by Crippen LogP contribution is 2.58. The molecule has 5 heteroatoms. The molecule has 9 rings (SSSR count). The summed E-state index contributed by atoms with van der Waals surface area (Å²) in [4.78, 5) is 10.7. The van der Waals surface area contributed by atoms with Crippen LogP contribution in [0.5, 0.6) is 0 Å². The first-order valence-electron chi connectivity index (χ1n) is 19.0. The van der Waals surface area contributed by atoms with Crippen molar-refractivity contribution in [2.45, 2.75) is 131 Å². The van der Waals surface area contributed by atoms with Crippen LogP contribution in [0.3, 0.4) is 0 Å². The number of hydrogen-bond donors (Lipinski definition) is 0. The molecule has 2 nitrogen and oxygen atoms in total. The molecule has 0 spiro atoms. The molecule has 0 fully saturated rings. The molecule has 0 bridgehead atoms. The Morgan fingerprint density at radius 3 is 1.15 bits per heavy atom. The molecule has 4 heterocycles. The van der Waals surface area contributed by atoms with Crippen molar-refractivity contribution in [1.82, 2.24) is 0 Å². The summed E-state index contributed by atoms with van der Waals surface area (Å²) in [6.07, 6.45) is 0. The van der Waals surface area contributed by atoms with Crippen LogP contribution in [0.1, 0.15) is 111 Å². The predicted octanol–water partition coefficient (Wildman–Crippen LogP) is 12.2. The SMILES string of the molecule is Cc1cc2c3c(c1)N1c4ccc(C(C)(C)C)cc4Sc4cc(C(C)(C)C)cc(c41)B3c1cc(C(C)(C)C)cc3c1N2c1ccc(C(C)(C)C)cc1S3. The Morgan fingerprint density at radius 1 is 0.423 bits per heavy atom. The predicted molar refractivity (Wildman–Crippen MR) is 228 cm³/mol. The van der Waals surface area contributed by atoms with E-state index in [0.29, 0.717) is 0 Å². The molecule has 0 aromatic heterocycles. The monoisotopic (exact) mass is 718 g/mol. The van der Waals surface area contributed by atoms with Gasteiger partial charge in [0, 0.05) is 31.0 Å². The fraction of sp³-hybridized carbons (Fsp3) is 0.362. The Balaban J connectivity index is 1.41. The Bertz CT molecular complexity index is 2220. The van der Waals surface area contributed by atoms with Gasteiger partial charge in [0.25, 0.3) is 6.71 Å². The van der Waals surface area contributed by atoms with E-state index in [0.717, 1.165) is 0 Å². The van der Waals surface area contributed by atoms with Crippen molar-refractivity contribution in [2.24, 2.45) is 0 Å². The van der Waals surface area contributed by atoms with Crippen LogP contribution in [-0.4, -0.2) is 6.71 Å². The normalized spacial score (nSPS) is 15.5. The van der Waals surface area contributed by atoms with Crippen LogP contribution in [0.25, 0.3) is 0 Å². The van der Waals surface area contributed by atoms with E-state index in [1.807, 2.05) is 23.5 Å². The number of aryl methyl sites for hydroxylation is 1. The Morgan fingerprint density at radius 2 is 0.788 bits per heavy atom. The van der Waals surface area contributed by atoms with Gasteiger partial charge in [-0.05, 0) is 121 Å². The molecule has 0 atom stereocenters. The zero-order valence-corrected chi connectivity index (χ0v) is 34.8. The van der Waals surface area contributed by atoms with Gasteiger partial charge >= 0.3 is 0 Å². The molecule has 264 valence electrons. The number of rotatable bonds is 0. The minimum atomic E-state index is 0.00772. The smallest absolute Gasteiger partial charge is 0.252 e. The van der Waals surface area contributed by atoms with Gasteiger partial charge in [-0.3, -0.25) is 0 Å². The Labute approximate surface area is 320 Å². The van der Waals surface area contributed by atoms with Crippen LogP contribution >= 0.6 is 23.5 Å². The molecular weight excluding hydrogens is 667 g/mol. The number of fused-ring (bicyclic) bond motifs is 8. The molecule has 5 aromatic carbocycles. The number of benzene rings is 5. The molecule has 0 amide bonds. The minimum Gasteiger partial charge on any atom is -0.309 e. The van der Waals surface area contributed by atoms with Gasteiger partial charge in [0.1, 0.15) is 0 Å². The molecule has 52 heavy (non-hydrogen) atoms. The van der Waals surface area contributed by atoms with E-state index in [9.17, 15) is 0 Å². The third-order valence-electron chi connectivity index (χ3n) is 11.6. The highest BCUT2D eigenvalue weighted by molar-refractivity contribution is 8.00. The second kappa shape index (κ2) is 10.8. The lowest BCUT2D eigenvalue weighted by atomic mass is 9.33. The Kier molecular flexibility index (Phi) is 7.10. The van der Waals surface area contributed by atoms with Gasteiger partial charge in [-0.1, -0.05) is 131 Å². The van der Waals surface area contributed by atoms with Crippen molar-refractivity contribution in [3.05, 3.63) is 101 Å². The summed E-state index contributed by atoms with van der Waals surface area (Å²) in [6.45, 7) is 30.6. The number of anilines is 6. The zero-order chi connectivity index (χ0) is 37.0. The topological polar surface area (TPSA) is 6.48 Å². The van der Waals surface area contributed by atoms with Crippen molar-refractivity contribution < 1.29 is 0 Å². The molecule has 0 N–H and O–H groups in total. The van der Waals surface area contributed by atoms with Gasteiger partial charge in [-0.2, -0.15) is 0 Å². The van der Waals surface area contributed by atoms with Gasteiger partial charge in [0.2, 0.25) is 0 Å². The molecule has 0 saturated carbocycles. The van der Waals surface area contributed by atoms with Crippen molar-refractivity contribution in [2.75, 3.05) is 9.80 Å². The number of nitrogens with zero attached hydrogens (tertiary/aromatic N) is 2. The molecule has 5 aromatic rings. The maximum absolute atomic E-state index is 2.64. The molecule has 0 saturated heterocycles. The first-order valence-corrected chi connectivity index (χ1v) is 20.6. The first-order chi connectivity index (χ1) is 24.2. The fourth-order valence-corrected chi connectivity index (χ4v) is 10.9. The molecular formula is C47H51BN2S2. The van der Waals surface area contributed by atoms with E-state index < -0.39 is 0 Å². The maximum atomic E-state index is 2.64. The third-order valence-corrected chi connectivity index (χ3v) is 13.8. The van der Waals surface area contributed by atoms with Crippen molar-refractivity contribution in [1.29, 1.82) is 0 Å². The summed E-state index contributed by atoms with van der Waals surface area (Å²) in [5.74, 6) is 0. The molecule has 0 radical (unpaired) electrons. The lowest BCUT2D eigenvalue weighted by molar-refractivity contribution is 0.588. The highest BCUT2D eigenvalue weighted by atomic mass is 32.2. The van der Waals surface area contributed by atoms with Crippen molar-refractivity contribution >= 4 is 80.7 Å². The summed E-state index contributed by atoms with van der Waals surface area (Å²) in [5.41, 5.74) is 19.3. The maximum Gasteiger partial charge on any atom is 0.252 e. The van der Waals surface area contributed by atoms with Crippen molar-refractivity contribution in [3.63, 3.8) is 0 Å². The largest absolute Gasteiger partial charge is 0.309 e. The standard InChI is InChI=1S/C47H51BN2S2/c1-26-18-35-41-36(19-26)50-34-17-15-28(45(5,6)7)23-38(34)52-40-25-30(47(11,12)13)21-32(43(40)50)48(41)31-20-29(46(8,9)10)24-39-42(31)49(35)33-16-14-27(44(2,3)4)22-37(33)51-39/h14-25H,1-13H3. The van der Waals surface area contributed by atoms with Crippen LogP contribution in [0.2, 0.25) is 0 Å². The van der Waals surface area contributed by atoms with Crippen LogP contribution < -0.4 is 26.2 Å². The van der Waals surface area contributed by atoms with Gasteiger partial charge in [0.15, 0.2) is 0 Å². The zero-order valence-electron chi connectivity index (χ0n) is 33.2. The third kappa shape index (κ3) is 5.01. The molecule has 0 aliphatic carbocycles. The molecule has 4 aliphatic heterocycles. The van der Waals surface area contributed by atoms with E-state index in [-0.39, 0.29) is 28.4 Å². The second-order valence-corrected chi connectivity index (χ2v) is 21.9. The lowest BCUT2D eigenvalue weighted by Gasteiger charge is -2.48. The fourth-order valence-electron chi connectivity index (χ4n) is 8.58. The quantitative estimate of drug-likeness (QED) is 0.144. The van der Waals surface area contributed by atoms with Gasteiger partial charge in [-0.25, -0.2) is 0 Å². The van der Waals surface area contributed by atoms with E-state index >= 15 is 0 Å². The van der Waals surface area contributed by atoms with E-state index in [1.54, 1.807) is 0 Å². The average molecular weight is 719 g/mol. The van der Waals surface area contributed by atoms with E-state index in [1.165, 1.54) is 97.9 Å². The molecule has 0 unspecified atom stereocenters. The lowest BCUT2D eigenvalue weighted by Crippen LogP contribution is -2.62. The van der Waals surface area contributed by atoms with E-state index in [2.05, 4.69) is 173 Å². The molecule has 4 aliphatic rings. The Hall–Kier alpha value is -3.54. The highest BCUT2D eigenvalue weighted by Gasteiger charge is 2.48. The van der Waals surface area contributed by atoms with Crippen molar-refractivity contribution in [3.8, 4) is 0 Å². The van der Waals surface area contributed by atoms with Gasteiger partial charge in [-0.15, -0.1) is 0 Å². The number of hydrogen-bond acceptors (Lipinski definition) is 4. The first kappa shape index (κ1) is 34.2. The summed E-state index contributed by atoms with van der Waals surface area (Å²) in [7, 11) is 0. The summed E-state index contributed by atoms with van der Waals surface area (Å²) >= 11 is 3.94. The average Bonchev–Trinajstić information content (AvgIpc) is 3.04. The van der Waals surface area contributed by atoms with Crippen LogP contribution in [0, 0.1) is 6.92 Å². The summed E-state index contributed by atoms with van der Waals surface area (Å²) in [5, 5.41) is 0. The second-order valence-electron chi connectivity index (χ2n) is 19.7. The van der Waals surface area contributed by atoms with Crippen LogP contribution in [-0.2, 0) is 21.7 Å². The van der Waals surface area contributed by atoms with E-state index in [4.69, 9.17) is 0 Å². The summed E-state index contributed by atoms with van der Waals surface area (Å²) in [6, 6.07) is 29.5. The van der Waals surface area contributed by atoms with Crippen LogP contribution in [0.4, 0.5) is 34.1 Å². The minimum absolute atomic E-state index is 0.00772.